The molecule has 0 aromatic carbocycles. The van der Waals surface area contributed by atoms with Gasteiger partial charge >= 0.3 is 12.1 Å². The van der Waals surface area contributed by atoms with E-state index in [1.807, 2.05) is 0 Å². The largest absolute Gasteiger partial charge is 0.479 e. The molecule has 2 heterocycles. The van der Waals surface area contributed by atoms with Crippen LogP contribution in [-0.2, 0) is 15.7 Å². The summed E-state index contributed by atoms with van der Waals surface area (Å²) in [6.07, 6.45) is -2.65. The van der Waals surface area contributed by atoms with E-state index in [0.29, 0.717) is 12.6 Å². The molecule has 1 aromatic rings. The Labute approximate surface area is 129 Å². The van der Waals surface area contributed by atoms with Crippen molar-refractivity contribution < 1.29 is 32.6 Å². The van der Waals surface area contributed by atoms with Crippen LogP contribution in [0.15, 0.2) is 18.5 Å². The summed E-state index contributed by atoms with van der Waals surface area (Å²) >= 11 is 0. The predicted octanol–water partition coefficient (Wildman–Crippen LogP) is 1.81. The van der Waals surface area contributed by atoms with Crippen LogP contribution in [0.2, 0.25) is 0 Å². The summed E-state index contributed by atoms with van der Waals surface area (Å²) in [5.41, 5.74) is -3.46. The van der Waals surface area contributed by atoms with E-state index in [0.717, 1.165) is 17.2 Å². The van der Waals surface area contributed by atoms with Crippen LogP contribution in [0.4, 0.5) is 13.2 Å². The monoisotopic (exact) mass is 332 g/mol. The van der Waals surface area contributed by atoms with Crippen molar-refractivity contribution in [2.24, 2.45) is 0 Å². The summed E-state index contributed by atoms with van der Waals surface area (Å²) in [6.45, 7) is -0.241. The molecule has 9 heteroatoms. The molecule has 1 amide bonds. The van der Waals surface area contributed by atoms with Crippen LogP contribution in [0.5, 0.6) is 0 Å². The van der Waals surface area contributed by atoms with Crippen LogP contribution in [0.1, 0.15) is 28.8 Å². The normalized spacial score (nSPS) is 21.5. The van der Waals surface area contributed by atoms with Crippen LogP contribution in [0.25, 0.3) is 0 Å². The van der Waals surface area contributed by atoms with E-state index < -0.39 is 34.7 Å². The first kappa shape index (κ1) is 17.2. The van der Waals surface area contributed by atoms with Gasteiger partial charge in [0, 0.05) is 26.0 Å². The Balaban J connectivity index is 2.46. The molecule has 1 unspecified atom stereocenters. The molecule has 6 nitrogen and oxygen atoms in total. The number of halogens is 3. The highest BCUT2D eigenvalue weighted by molar-refractivity contribution is 5.99. The zero-order valence-corrected chi connectivity index (χ0v) is 12.3. The number of carboxylic acids is 1. The Morgan fingerprint density at radius 3 is 2.74 bits per heavy atom. The van der Waals surface area contributed by atoms with Crippen molar-refractivity contribution in [2.75, 3.05) is 20.3 Å². The van der Waals surface area contributed by atoms with Gasteiger partial charge in [-0.15, -0.1) is 0 Å². The molecule has 1 aliphatic rings. The molecule has 0 bridgehead atoms. The number of methoxy groups -OCH3 is 1. The molecule has 1 fully saturated rings. The average Bonchev–Trinajstić information content (AvgIpc) is 2.91. The van der Waals surface area contributed by atoms with Crippen molar-refractivity contribution in [3.63, 3.8) is 0 Å². The molecule has 0 spiro atoms. The van der Waals surface area contributed by atoms with Gasteiger partial charge in [0.05, 0.1) is 17.7 Å². The van der Waals surface area contributed by atoms with E-state index >= 15 is 0 Å². The van der Waals surface area contributed by atoms with Crippen molar-refractivity contribution in [1.82, 2.24) is 9.88 Å². The van der Waals surface area contributed by atoms with Crippen LogP contribution >= 0.6 is 0 Å². The highest BCUT2D eigenvalue weighted by Crippen LogP contribution is 2.36. The summed E-state index contributed by atoms with van der Waals surface area (Å²) in [5, 5.41) is 9.48. The highest BCUT2D eigenvalue weighted by atomic mass is 19.4. The summed E-state index contributed by atoms with van der Waals surface area (Å²) in [5.74, 6) is -2.29. The zero-order chi connectivity index (χ0) is 17.3. The summed E-state index contributed by atoms with van der Waals surface area (Å²) < 4.78 is 44.0. The van der Waals surface area contributed by atoms with Gasteiger partial charge in [-0.25, -0.2) is 4.79 Å². The molecular formula is C14H15F3N2O4. The number of alkyl halides is 3. The van der Waals surface area contributed by atoms with Gasteiger partial charge < -0.3 is 14.7 Å². The van der Waals surface area contributed by atoms with E-state index in [-0.39, 0.29) is 19.6 Å². The lowest BCUT2D eigenvalue weighted by atomic mass is 9.96. The fourth-order valence-electron chi connectivity index (χ4n) is 2.80. The van der Waals surface area contributed by atoms with Crippen molar-refractivity contribution in [1.29, 1.82) is 0 Å². The molecule has 0 radical (unpaired) electrons. The lowest BCUT2D eigenvalue weighted by Crippen LogP contribution is -2.56. The fourth-order valence-corrected chi connectivity index (χ4v) is 2.80. The minimum absolute atomic E-state index is 0.0497. The molecule has 1 aromatic heterocycles. The van der Waals surface area contributed by atoms with Gasteiger partial charge in [-0.05, 0) is 18.9 Å². The van der Waals surface area contributed by atoms with Crippen LogP contribution in [-0.4, -0.2) is 52.7 Å². The Hall–Kier alpha value is -2.16. The van der Waals surface area contributed by atoms with Crippen LogP contribution in [0.3, 0.4) is 0 Å². The minimum Gasteiger partial charge on any atom is -0.479 e. The summed E-state index contributed by atoms with van der Waals surface area (Å²) in [6, 6.07) is 0.947. The Bertz CT molecular complexity index is 620. The summed E-state index contributed by atoms with van der Waals surface area (Å²) in [7, 11) is 1.28. The number of nitrogens with zero attached hydrogens (tertiary/aromatic N) is 2. The first-order valence-corrected chi connectivity index (χ1v) is 6.79. The molecule has 1 aliphatic heterocycles. The number of pyridine rings is 1. The first-order valence-electron chi connectivity index (χ1n) is 6.79. The maximum absolute atomic E-state index is 13.0. The standard InChI is InChI=1S/C14H15F3N2O4/c1-23-8-13(12(21)22)4-2-6-19(13)11(20)9-3-5-18-7-10(9)14(15,16)17/h3,5,7H,2,4,6,8H2,1H3,(H,21,22). The third-order valence-electron chi connectivity index (χ3n) is 3.87. The highest BCUT2D eigenvalue weighted by Gasteiger charge is 2.51. The number of rotatable bonds is 4. The number of carbonyl (C=O) groups excluding carboxylic acids is 1. The Morgan fingerprint density at radius 2 is 2.17 bits per heavy atom. The van der Waals surface area contributed by atoms with Gasteiger partial charge in [-0.2, -0.15) is 13.2 Å². The number of likely N-dealkylation sites (tertiary alicyclic amines) is 1. The second kappa shape index (κ2) is 6.15. The third-order valence-corrected chi connectivity index (χ3v) is 3.87. The Morgan fingerprint density at radius 1 is 1.48 bits per heavy atom. The number of aromatic nitrogens is 1. The molecule has 1 atom stereocenters. The van der Waals surface area contributed by atoms with Crippen molar-refractivity contribution >= 4 is 11.9 Å². The molecule has 126 valence electrons. The number of amides is 1. The molecule has 1 saturated heterocycles. The smallest absolute Gasteiger partial charge is 0.418 e. The van der Waals surface area contributed by atoms with Crippen molar-refractivity contribution in [3.8, 4) is 0 Å². The number of aliphatic carboxylic acids is 1. The van der Waals surface area contributed by atoms with E-state index in [4.69, 9.17) is 4.74 Å². The maximum Gasteiger partial charge on any atom is 0.418 e. The second-order valence-electron chi connectivity index (χ2n) is 5.25. The molecule has 2 rings (SSSR count). The molecule has 1 N–H and O–H groups in total. The van der Waals surface area contributed by atoms with E-state index in [2.05, 4.69) is 4.98 Å². The molecule has 0 saturated carbocycles. The van der Waals surface area contributed by atoms with Crippen molar-refractivity contribution in [3.05, 3.63) is 29.6 Å². The number of hydrogen-bond donors (Lipinski definition) is 1. The Kier molecular flexibility index (Phi) is 4.60. The van der Waals surface area contributed by atoms with E-state index in [1.165, 1.54) is 7.11 Å². The average molecular weight is 332 g/mol. The van der Waals surface area contributed by atoms with Crippen LogP contribution < -0.4 is 0 Å². The minimum atomic E-state index is -4.76. The summed E-state index contributed by atoms with van der Waals surface area (Å²) in [4.78, 5) is 28.6. The van der Waals surface area contributed by atoms with Gasteiger partial charge in [0.1, 0.15) is 0 Å². The first-order chi connectivity index (χ1) is 10.7. The van der Waals surface area contributed by atoms with E-state index in [9.17, 15) is 27.9 Å². The van der Waals surface area contributed by atoms with Gasteiger partial charge in [0.2, 0.25) is 0 Å². The SMILES string of the molecule is COCC1(C(=O)O)CCCN1C(=O)c1ccncc1C(F)(F)F. The number of carboxylic acid groups (broad SMARTS) is 1. The third kappa shape index (κ3) is 3.00. The molecule has 23 heavy (non-hydrogen) atoms. The number of carbonyl (C=O) groups is 2. The van der Waals surface area contributed by atoms with Gasteiger partial charge in [-0.3, -0.25) is 9.78 Å². The number of ether oxygens (including phenoxy) is 1. The van der Waals surface area contributed by atoms with Gasteiger partial charge in [0.25, 0.3) is 5.91 Å². The molecular weight excluding hydrogens is 317 g/mol. The van der Waals surface area contributed by atoms with Crippen molar-refractivity contribution in [2.45, 2.75) is 24.6 Å². The number of hydrogen-bond acceptors (Lipinski definition) is 4. The molecule has 0 aliphatic carbocycles. The lowest BCUT2D eigenvalue weighted by molar-refractivity contribution is -0.151. The maximum atomic E-state index is 13.0. The van der Waals surface area contributed by atoms with Crippen LogP contribution in [0, 0.1) is 0 Å². The quantitative estimate of drug-likeness (QED) is 0.909. The fraction of sp³-hybridized carbons (Fsp3) is 0.500. The lowest BCUT2D eigenvalue weighted by Gasteiger charge is -2.34. The predicted molar refractivity (Wildman–Crippen MR) is 71.8 cm³/mol. The zero-order valence-electron chi connectivity index (χ0n) is 12.3. The van der Waals surface area contributed by atoms with Gasteiger partial charge in [-0.1, -0.05) is 0 Å². The topological polar surface area (TPSA) is 79.7 Å². The van der Waals surface area contributed by atoms with E-state index in [1.54, 1.807) is 0 Å². The van der Waals surface area contributed by atoms with Gasteiger partial charge in [0.15, 0.2) is 5.54 Å². The second-order valence-corrected chi connectivity index (χ2v) is 5.25.